The zero-order valence-electron chi connectivity index (χ0n) is 21.9. The Morgan fingerprint density at radius 2 is 1.75 bits per heavy atom. The number of piperidine rings is 1. The summed E-state index contributed by atoms with van der Waals surface area (Å²) in [5, 5.41) is 13.2. The van der Waals surface area contributed by atoms with Crippen molar-refractivity contribution in [2.24, 2.45) is 11.8 Å². The van der Waals surface area contributed by atoms with E-state index in [0.717, 1.165) is 22.2 Å². The zero-order valence-corrected chi connectivity index (χ0v) is 21.9. The lowest BCUT2D eigenvalue weighted by molar-refractivity contribution is -0.141. The predicted molar refractivity (Wildman–Crippen MR) is 148 cm³/mol. The number of hydrogen-bond donors (Lipinski definition) is 3. The fourth-order valence-corrected chi connectivity index (χ4v) is 5.02. The highest BCUT2D eigenvalue weighted by Gasteiger charge is 2.40. The van der Waals surface area contributed by atoms with Gasteiger partial charge in [-0.05, 0) is 61.9 Å². The van der Waals surface area contributed by atoms with E-state index in [1.165, 1.54) is 17.3 Å². The molecule has 204 valence electrons. The number of fused-ring (bicyclic) bond motifs is 1. The van der Waals surface area contributed by atoms with E-state index in [4.69, 9.17) is 4.74 Å². The van der Waals surface area contributed by atoms with Crippen LogP contribution >= 0.6 is 0 Å². The summed E-state index contributed by atoms with van der Waals surface area (Å²) in [5.41, 5.74) is 5.49. The number of para-hydroxylation sites is 1. The van der Waals surface area contributed by atoms with Gasteiger partial charge in [-0.1, -0.05) is 18.2 Å². The van der Waals surface area contributed by atoms with Crippen LogP contribution < -0.4 is 15.5 Å². The molecule has 5 rings (SSSR count). The normalized spacial score (nSPS) is 16.8. The monoisotopic (exact) mass is 539 g/mol. The van der Waals surface area contributed by atoms with Gasteiger partial charge in [-0.15, -0.1) is 0 Å². The molecule has 3 heterocycles. The molecule has 0 unspecified atom stereocenters. The second kappa shape index (κ2) is 11.9. The van der Waals surface area contributed by atoms with E-state index in [1.54, 1.807) is 41.9 Å². The molecule has 0 radical (unpaired) electrons. The van der Waals surface area contributed by atoms with E-state index in [1.807, 2.05) is 37.3 Å². The minimum Gasteiger partial charge on any atom is -0.489 e. The lowest BCUT2D eigenvalue weighted by Gasteiger charge is -2.36. The molecule has 0 aliphatic carbocycles. The van der Waals surface area contributed by atoms with Crippen molar-refractivity contribution >= 4 is 34.3 Å². The molecular weight excluding hydrogens is 510 g/mol. The van der Waals surface area contributed by atoms with Crippen LogP contribution in [0.5, 0.6) is 5.75 Å². The third-order valence-electron chi connectivity index (χ3n) is 7.06. The van der Waals surface area contributed by atoms with Crippen molar-refractivity contribution < 1.29 is 24.3 Å². The Kier molecular flexibility index (Phi) is 7.97. The SMILES string of the molecule is Cc1cc(COc2ccc(NC(=O)[C@H]3CCN(C(=O)c4ccncc4)C[C@@H]3C(=O)NO)cc2)c2ccccc2n1. The summed E-state index contributed by atoms with van der Waals surface area (Å²) < 4.78 is 6.00. The number of hydrogen-bond acceptors (Lipinski definition) is 7. The fraction of sp³-hybridized carbons (Fsp3) is 0.233. The molecule has 1 saturated heterocycles. The highest BCUT2D eigenvalue weighted by molar-refractivity contribution is 5.98. The van der Waals surface area contributed by atoms with E-state index in [-0.39, 0.29) is 24.8 Å². The van der Waals surface area contributed by atoms with Crippen LogP contribution in [-0.2, 0) is 16.2 Å². The first-order valence-electron chi connectivity index (χ1n) is 12.9. The summed E-state index contributed by atoms with van der Waals surface area (Å²) in [4.78, 5) is 48.5. The number of amides is 3. The van der Waals surface area contributed by atoms with E-state index < -0.39 is 17.7 Å². The number of rotatable bonds is 7. The van der Waals surface area contributed by atoms with Crippen LogP contribution in [0.4, 0.5) is 5.69 Å². The minimum atomic E-state index is -0.911. The van der Waals surface area contributed by atoms with E-state index in [2.05, 4.69) is 15.3 Å². The summed E-state index contributed by atoms with van der Waals surface area (Å²) in [6.45, 7) is 2.61. The van der Waals surface area contributed by atoms with E-state index in [9.17, 15) is 19.6 Å². The molecule has 40 heavy (non-hydrogen) atoms. The van der Waals surface area contributed by atoms with Crippen molar-refractivity contribution in [2.75, 3.05) is 18.4 Å². The highest BCUT2D eigenvalue weighted by atomic mass is 16.5. The third kappa shape index (κ3) is 5.92. The average Bonchev–Trinajstić information content (AvgIpc) is 2.99. The number of hydroxylamine groups is 1. The lowest BCUT2D eigenvalue weighted by atomic mass is 9.83. The van der Waals surface area contributed by atoms with Gasteiger partial charge < -0.3 is 15.0 Å². The minimum absolute atomic E-state index is 0.00156. The number of carbonyl (C=O) groups excluding carboxylic acids is 3. The van der Waals surface area contributed by atoms with Gasteiger partial charge in [0.25, 0.3) is 5.91 Å². The largest absolute Gasteiger partial charge is 0.489 e. The molecule has 10 nitrogen and oxygen atoms in total. The maximum atomic E-state index is 13.2. The van der Waals surface area contributed by atoms with Crippen molar-refractivity contribution in [3.8, 4) is 5.75 Å². The zero-order chi connectivity index (χ0) is 28.1. The van der Waals surface area contributed by atoms with Crippen molar-refractivity contribution in [1.82, 2.24) is 20.3 Å². The average molecular weight is 540 g/mol. The Morgan fingerprint density at radius 3 is 2.50 bits per heavy atom. The Labute approximate surface area is 231 Å². The number of anilines is 1. The van der Waals surface area contributed by atoms with Crippen LogP contribution in [0.3, 0.4) is 0 Å². The van der Waals surface area contributed by atoms with Crippen molar-refractivity contribution in [3.63, 3.8) is 0 Å². The van der Waals surface area contributed by atoms with Crippen LogP contribution in [-0.4, -0.2) is 50.9 Å². The Balaban J connectivity index is 1.22. The molecule has 1 aliphatic heterocycles. The number of ether oxygens (including phenoxy) is 1. The first-order chi connectivity index (χ1) is 19.4. The smallest absolute Gasteiger partial charge is 0.253 e. The number of likely N-dealkylation sites (tertiary alicyclic amines) is 1. The summed E-state index contributed by atoms with van der Waals surface area (Å²) in [7, 11) is 0. The number of nitrogens with one attached hydrogen (secondary N) is 2. The van der Waals surface area contributed by atoms with Crippen LogP contribution in [0.2, 0.25) is 0 Å². The first-order valence-corrected chi connectivity index (χ1v) is 12.9. The quantitative estimate of drug-likeness (QED) is 0.241. The second-order valence-corrected chi connectivity index (χ2v) is 9.71. The first kappa shape index (κ1) is 26.8. The predicted octanol–water partition coefficient (Wildman–Crippen LogP) is 3.74. The molecule has 3 amide bonds. The number of aryl methyl sites for hydroxylation is 1. The van der Waals surface area contributed by atoms with Crippen LogP contribution in [0.25, 0.3) is 10.9 Å². The van der Waals surface area contributed by atoms with E-state index >= 15 is 0 Å². The van der Waals surface area contributed by atoms with Crippen LogP contribution in [0.1, 0.15) is 28.0 Å². The molecule has 4 aromatic rings. The van der Waals surface area contributed by atoms with Crippen LogP contribution in [0, 0.1) is 18.8 Å². The van der Waals surface area contributed by atoms with Gasteiger partial charge in [0, 0.05) is 53.4 Å². The van der Waals surface area contributed by atoms with Gasteiger partial charge in [-0.2, -0.15) is 0 Å². The maximum absolute atomic E-state index is 13.2. The summed E-state index contributed by atoms with van der Waals surface area (Å²) in [6.07, 6.45) is 3.30. The van der Waals surface area contributed by atoms with Crippen molar-refractivity contribution in [3.05, 3.63) is 95.9 Å². The molecule has 2 aromatic carbocycles. The van der Waals surface area contributed by atoms with Gasteiger partial charge in [0.2, 0.25) is 11.8 Å². The Morgan fingerprint density at radius 1 is 1.00 bits per heavy atom. The van der Waals surface area contributed by atoms with Gasteiger partial charge in [0.15, 0.2) is 0 Å². The van der Waals surface area contributed by atoms with Gasteiger partial charge >= 0.3 is 0 Å². The van der Waals surface area contributed by atoms with Crippen molar-refractivity contribution in [2.45, 2.75) is 20.0 Å². The Bertz CT molecular complexity index is 1530. The van der Waals surface area contributed by atoms with Gasteiger partial charge in [-0.3, -0.25) is 29.6 Å². The fourth-order valence-electron chi connectivity index (χ4n) is 5.02. The molecule has 1 aliphatic rings. The number of pyridine rings is 2. The number of nitrogens with zero attached hydrogens (tertiary/aromatic N) is 3. The molecule has 3 N–H and O–H groups in total. The maximum Gasteiger partial charge on any atom is 0.253 e. The lowest BCUT2D eigenvalue weighted by Crippen LogP contribution is -2.52. The van der Waals surface area contributed by atoms with Crippen LogP contribution in [0.15, 0.2) is 79.1 Å². The standard InChI is InChI=1S/C30H29N5O5/c1-19-16-21(24-4-2-3-5-27(24)32-19)18-40-23-8-6-22(7-9-23)33-28(36)25-12-15-35(17-26(25)29(37)34-39)30(38)20-10-13-31-14-11-20/h2-11,13-14,16,25-26,39H,12,15,17-18H2,1H3,(H,33,36)(H,34,37)/t25-,26-/m0/s1. The van der Waals surface area contributed by atoms with Gasteiger partial charge in [-0.25, -0.2) is 5.48 Å². The molecule has 2 atom stereocenters. The number of benzene rings is 2. The molecule has 2 aromatic heterocycles. The van der Waals surface area contributed by atoms with Gasteiger partial charge in [0.1, 0.15) is 12.4 Å². The summed E-state index contributed by atoms with van der Waals surface area (Å²) >= 11 is 0. The molecule has 0 spiro atoms. The summed E-state index contributed by atoms with van der Waals surface area (Å²) in [6, 6.07) is 20.1. The molecule has 0 saturated carbocycles. The highest BCUT2D eigenvalue weighted by Crippen LogP contribution is 2.28. The number of carbonyl (C=O) groups is 3. The molecule has 10 heteroatoms. The molecule has 0 bridgehead atoms. The second-order valence-electron chi connectivity index (χ2n) is 9.71. The van der Waals surface area contributed by atoms with Gasteiger partial charge in [0.05, 0.1) is 17.4 Å². The van der Waals surface area contributed by atoms with E-state index in [0.29, 0.717) is 30.2 Å². The molecule has 1 fully saturated rings. The summed E-state index contributed by atoms with van der Waals surface area (Å²) in [5.74, 6) is -2.34. The number of aromatic nitrogens is 2. The van der Waals surface area contributed by atoms with Crippen molar-refractivity contribution in [1.29, 1.82) is 0 Å². The Hall–Kier alpha value is -4.83. The molecular formula is C30H29N5O5. The third-order valence-corrected chi connectivity index (χ3v) is 7.06. The topological polar surface area (TPSA) is 134 Å².